The molecule has 1 aromatic carbocycles. The van der Waals surface area contributed by atoms with Gasteiger partial charge in [0.1, 0.15) is 12.6 Å². The molecule has 0 aliphatic rings. The Morgan fingerprint density at radius 2 is 1.80 bits per heavy atom. The van der Waals surface area contributed by atoms with Crippen LogP contribution in [-0.2, 0) is 25.6 Å². The fourth-order valence-corrected chi connectivity index (χ4v) is 2.88. The second-order valence-electron chi connectivity index (χ2n) is 6.20. The number of anilines is 1. The highest BCUT2D eigenvalue weighted by atomic mass is 35.5. The molecule has 0 unspecified atom stereocenters. The predicted molar refractivity (Wildman–Crippen MR) is 124 cm³/mol. The normalized spacial score (nSPS) is 10.7. The molecular weight excluding hydrogens is 507 g/mol. The number of hydrogen-bond donors (Lipinski definition) is 2. The number of hydrazone groups is 1. The number of carbonyl (C=O) groups excluding carboxylic acids is 3. The Hall–Kier alpha value is -4.15. The van der Waals surface area contributed by atoms with Gasteiger partial charge in [-0.2, -0.15) is 10.4 Å². The van der Waals surface area contributed by atoms with Crippen LogP contribution >= 0.6 is 23.2 Å². The molecule has 0 radical (unpaired) electrons. The van der Waals surface area contributed by atoms with Gasteiger partial charge in [0.25, 0.3) is 11.5 Å². The fraction of sp³-hybridized carbons (Fsp3) is 0.250. The number of benzene rings is 1. The van der Waals surface area contributed by atoms with E-state index in [1.54, 1.807) is 13.8 Å². The molecule has 2 aromatic rings. The number of amides is 2. The number of ether oxygens (including phenoxy) is 3. The number of carbonyl (C=O) groups is 3. The van der Waals surface area contributed by atoms with E-state index in [0.29, 0.717) is 0 Å². The Kier molecular flexibility index (Phi) is 10.0. The lowest BCUT2D eigenvalue weighted by atomic mass is 10.3. The molecule has 15 heteroatoms. The summed E-state index contributed by atoms with van der Waals surface area (Å²) in [5.41, 5.74) is 1.37. The van der Waals surface area contributed by atoms with Gasteiger partial charge in [-0.3, -0.25) is 25.1 Å². The maximum atomic E-state index is 11.9. The number of nitrogens with one attached hydrogen (secondary N) is 2. The minimum Gasteiger partial charge on any atom is -0.465 e. The van der Waals surface area contributed by atoms with Crippen molar-refractivity contribution in [3.63, 3.8) is 0 Å². The van der Waals surface area contributed by atoms with Crippen LogP contribution in [0.4, 0.5) is 10.5 Å². The number of rotatable bonds is 9. The van der Waals surface area contributed by atoms with Crippen molar-refractivity contribution >= 4 is 52.6 Å². The molecule has 0 saturated heterocycles. The Balaban J connectivity index is 2.19. The first-order valence-corrected chi connectivity index (χ1v) is 10.6. The van der Waals surface area contributed by atoms with Crippen LogP contribution in [0.3, 0.4) is 0 Å². The molecule has 0 spiro atoms. The molecule has 35 heavy (non-hydrogen) atoms. The third-order valence-corrected chi connectivity index (χ3v) is 4.30. The van der Waals surface area contributed by atoms with Crippen molar-refractivity contribution in [2.45, 2.75) is 20.4 Å². The van der Waals surface area contributed by atoms with Crippen molar-refractivity contribution in [3.8, 4) is 17.7 Å². The number of aromatic nitrogens is 2. The molecular formula is C20H18Cl2N6O7. The first-order chi connectivity index (χ1) is 16.7. The van der Waals surface area contributed by atoms with Gasteiger partial charge in [-0.15, -0.1) is 5.10 Å². The minimum atomic E-state index is -1.08. The Morgan fingerprint density at radius 3 is 2.40 bits per heavy atom. The fourth-order valence-electron chi connectivity index (χ4n) is 2.32. The average Bonchev–Trinajstić information content (AvgIpc) is 2.79. The van der Waals surface area contributed by atoms with Gasteiger partial charge >= 0.3 is 12.1 Å². The number of esters is 1. The summed E-state index contributed by atoms with van der Waals surface area (Å²) >= 11 is 12.4. The quantitative estimate of drug-likeness (QED) is 0.281. The predicted octanol–water partition coefficient (Wildman–Crippen LogP) is 2.47. The first kappa shape index (κ1) is 27.1. The number of imide groups is 1. The number of alkyl carbamates (subject to hydrolysis) is 1. The highest BCUT2D eigenvalue weighted by Gasteiger charge is 2.17. The SMILES string of the molecule is CCOC(=O)Cn1nc(Oc2c(Cl)cc(NN=C(C#N)C(=O)NC(=O)OCC)cc2Cl)ccc1=O. The maximum absolute atomic E-state index is 11.9. The van der Waals surface area contributed by atoms with Gasteiger partial charge in [0.15, 0.2) is 5.75 Å². The van der Waals surface area contributed by atoms with E-state index in [1.807, 2.05) is 5.32 Å². The number of nitriles is 1. The molecule has 0 fully saturated rings. The maximum Gasteiger partial charge on any atom is 0.414 e. The Labute approximate surface area is 208 Å². The summed E-state index contributed by atoms with van der Waals surface area (Å²) in [5, 5.41) is 18.4. The largest absolute Gasteiger partial charge is 0.465 e. The summed E-state index contributed by atoms with van der Waals surface area (Å²) in [7, 11) is 0. The van der Waals surface area contributed by atoms with Crippen LogP contribution in [0.5, 0.6) is 11.6 Å². The number of hydrogen-bond acceptors (Lipinski definition) is 11. The smallest absolute Gasteiger partial charge is 0.414 e. The van der Waals surface area contributed by atoms with Gasteiger partial charge in [0.05, 0.1) is 28.9 Å². The van der Waals surface area contributed by atoms with E-state index in [1.165, 1.54) is 24.3 Å². The van der Waals surface area contributed by atoms with Crippen LogP contribution in [0.2, 0.25) is 10.0 Å². The summed E-state index contributed by atoms with van der Waals surface area (Å²) in [6, 6.07) is 6.57. The summed E-state index contributed by atoms with van der Waals surface area (Å²) in [6.45, 7) is 2.93. The van der Waals surface area contributed by atoms with Crippen LogP contribution in [0.15, 0.2) is 34.2 Å². The molecule has 2 N–H and O–H groups in total. The number of nitrogens with zero attached hydrogens (tertiary/aromatic N) is 4. The van der Waals surface area contributed by atoms with Gasteiger partial charge in [-0.05, 0) is 26.0 Å². The number of halogens is 2. The lowest BCUT2D eigenvalue weighted by molar-refractivity contribution is -0.144. The second-order valence-corrected chi connectivity index (χ2v) is 7.02. The van der Waals surface area contributed by atoms with E-state index in [2.05, 4.69) is 20.4 Å². The van der Waals surface area contributed by atoms with E-state index < -0.39 is 35.8 Å². The molecule has 0 aliphatic heterocycles. The molecule has 13 nitrogen and oxygen atoms in total. The van der Waals surface area contributed by atoms with Crippen molar-refractivity contribution in [3.05, 3.63) is 44.7 Å². The first-order valence-electron chi connectivity index (χ1n) is 9.81. The lowest BCUT2D eigenvalue weighted by Gasteiger charge is -2.12. The van der Waals surface area contributed by atoms with Crippen LogP contribution in [0.1, 0.15) is 13.8 Å². The minimum absolute atomic E-state index is 0.0189. The summed E-state index contributed by atoms with van der Waals surface area (Å²) < 4.78 is 15.8. The second kappa shape index (κ2) is 12.9. The highest BCUT2D eigenvalue weighted by Crippen LogP contribution is 2.38. The molecule has 0 atom stereocenters. The van der Waals surface area contributed by atoms with E-state index in [4.69, 9.17) is 37.9 Å². The molecule has 2 rings (SSSR count). The Bertz CT molecular complexity index is 1230. The topological polar surface area (TPSA) is 174 Å². The van der Waals surface area contributed by atoms with E-state index in [-0.39, 0.29) is 40.6 Å². The van der Waals surface area contributed by atoms with Crippen molar-refractivity contribution in [1.29, 1.82) is 5.26 Å². The zero-order valence-electron chi connectivity index (χ0n) is 18.3. The monoisotopic (exact) mass is 524 g/mol. The molecule has 184 valence electrons. The summed E-state index contributed by atoms with van der Waals surface area (Å²) in [5.74, 6) is -1.85. The van der Waals surface area contributed by atoms with Crippen LogP contribution in [0, 0.1) is 11.3 Å². The van der Waals surface area contributed by atoms with Crippen molar-refractivity contribution in [2.75, 3.05) is 18.6 Å². The van der Waals surface area contributed by atoms with E-state index >= 15 is 0 Å². The molecule has 0 aliphatic carbocycles. The molecule has 2 amide bonds. The van der Waals surface area contributed by atoms with Gasteiger partial charge in [0.2, 0.25) is 11.6 Å². The summed E-state index contributed by atoms with van der Waals surface area (Å²) in [4.78, 5) is 46.8. The van der Waals surface area contributed by atoms with Gasteiger partial charge in [-0.25, -0.2) is 9.48 Å². The third-order valence-electron chi connectivity index (χ3n) is 3.74. The van der Waals surface area contributed by atoms with E-state index in [9.17, 15) is 19.2 Å². The van der Waals surface area contributed by atoms with Gasteiger partial charge < -0.3 is 14.2 Å². The highest BCUT2D eigenvalue weighted by molar-refractivity contribution is 6.47. The van der Waals surface area contributed by atoms with Gasteiger partial charge in [0, 0.05) is 12.1 Å². The molecule has 1 aromatic heterocycles. The third kappa shape index (κ3) is 7.98. The van der Waals surface area contributed by atoms with Gasteiger partial charge in [-0.1, -0.05) is 23.2 Å². The zero-order valence-corrected chi connectivity index (χ0v) is 19.8. The molecule has 0 saturated carbocycles. The van der Waals surface area contributed by atoms with Crippen LogP contribution in [-0.4, -0.2) is 46.7 Å². The standard InChI is InChI=1S/C20H18Cl2N6O7/c1-3-33-17(30)10-28-16(29)6-5-15(27-28)35-18-12(21)7-11(8-13(18)22)25-26-14(9-23)19(31)24-20(32)34-4-2/h5-8,25H,3-4,10H2,1-2H3,(H,24,31,32). The lowest BCUT2D eigenvalue weighted by Crippen LogP contribution is -2.36. The van der Waals surface area contributed by atoms with Crippen molar-refractivity contribution < 1.29 is 28.6 Å². The van der Waals surface area contributed by atoms with Crippen LogP contribution in [0.25, 0.3) is 0 Å². The van der Waals surface area contributed by atoms with Crippen molar-refractivity contribution in [2.24, 2.45) is 5.10 Å². The van der Waals surface area contributed by atoms with E-state index in [0.717, 1.165) is 10.7 Å². The molecule has 0 bridgehead atoms. The van der Waals surface area contributed by atoms with Crippen LogP contribution < -0.4 is 21.0 Å². The molecule has 1 heterocycles. The zero-order chi connectivity index (χ0) is 26.0. The Morgan fingerprint density at radius 1 is 1.14 bits per heavy atom. The average molecular weight is 525 g/mol. The van der Waals surface area contributed by atoms with Crippen molar-refractivity contribution in [1.82, 2.24) is 15.1 Å². The summed E-state index contributed by atoms with van der Waals surface area (Å²) in [6.07, 6.45) is -1.03.